The van der Waals surface area contributed by atoms with Crippen LogP contribution < -0.4 is 0 Å². The van der Waals surface area contributed by atoms with E-state index in [1.165, 1.54) is 6.92 Å². The van der Waals surface area contributed by atoms with E-state index in [1.807, 2.05) is 0 Å². The van der Waals surface area contributed by atoms with E-state index >= 15 is 0 Å². The maximum atomic E-state index is 11.9. The van der Waals surface area contributed by atoms with E-state index in [2.05, 4.69) is 0 Å². The summed E-state index contributed by atoms with van der Waals surface area (Å²) in [5.74, 6) is -4.21. The van der Waals surface area contributed by atoms with Crippen LogP contribution in [0.15, 0.2) is 6.07 Å². The molecule has 1 aliphatic carbocycles. The molecular formula is C16H22O8. The first-order valence-corrected chi connectivity index (χ1v) is 7.70. The first-order chi connectivity index (χ1) is 11.2. The Kier molecular flexibility index (Phi) is 5.34. The normalized spacial score (nSPS) is 30.3. The van der Waals surface area contributed by atoms with Crippen molar-refractivity contribution in [2.75, 3.05) is 6.61 Å². The highest BCUT2D eigenvalue weighted by Crippen LogP contribution is 2.47. The average Bonchev–Trinajstić information content (AvgIpc) is 2.54. The van der Waals surface area contributed by atoms with Crippen molar-refractivity contribution in [2.24, 2.45) is 5.92 Å². The van der Waals surface area contributed by atoms with E-state index < -0.39 is 59.8 Å². The molecule has 0 radical (unpaired) electrons. The predicted molar refractivity (Wildman–Crippen MR) is 82.0 cm³/mol. The molecule has 0 spiro atoms. The second-order valence-corrected chi connectivity index (χ2v) is 6.09. The van der Waals surface area contributed by atoms with Crippen molar-refractivity contribution < 1.29 is 40.5 Å². The summed E-state index contributed by atoms with van der Waals surface area (Å²) in [5, 5.41) is 69.6. The summed E-state index contributed by atoms with van der Waals surface area (Å²) in [6.07, 6.45) is -4.53. The van der Waals surface area contributed by atoms with Gasteiger partial charge in [-0.3, -0.25) is 4.79 Å². The quantitative estimate of drug-likeness (QED) is 0.363. The fourth-order valence-corrected chi connectivity index (χ4v) is 3.27. The van der Waals surface area contributed by atoms with Crippen LogP contribution in [0.5, 0.6) is 17.2 Å². The van der Waals surface area contributed by atoms with Gasteiger partial charge in [-0.1, -0.05) is 6.92 Å². The summed E-state index contributed by atoms with van der Waals surface area (Å²) in [6, 6.07) is 0.885. The molecule has 0 bridgehead atoms. The van der Waals surface area contributed by atoms with Crippen LogP contribution in [0.1, 0.15) is 41.6 Å². The van der Waals surface area contributed by atoms with Gasteiger partial charge in [-0.05, 0) is 6.42 Å². The zero-order valence-corrected chi connectivity index (χ0v) is 13.1. The molecule has 0 aromatic heterocycles. The fourth-order valence-electron chi connectivity index (χ4n) is 3.27. The molecule has 1 fully saturated rings. The van der Waals surface area contributed by atoms with Gasteiger partial charge in [-0.15, -0.1) is 0 Å². The SMILES string of the molecule is CCC(=O)c1c(O)cc(O)c(C2CC(CO)C(O)C(O)C2O)c1O. The largest absolute Gasteiger partial charge is 0.507 e. The highest BCUT2D eigenvalue weighted by atomic mass is 16.4. The molecule has 1 aliphatic rings. The lowest BCUT2D eigenvalue weighted by molar-refractivity contribution is -0.127. The molecule has 0 saturated heterocycles. The number of phenolic OH excluding ortho intramolecular Hbond substituents is 3. The van der Waals surface area contributed by atoms with Crippen LogP contribution in [0, 0.1) is 5.92 Å². The Morgan fingerprint density at radius 3 is 2.25 bits per heavy atom. The molecule has 1 aromatic rings. The van der Waals surface area contributed by atoms with Crippen molar-refractivity contribution in [1.29, 1.82) is 0 Å². The number of benzene rings is 1. The third kappa shape index (κ3) is 2.93. The fraction of sp³-hybridized carbons (Fsp3) is 0.562. The first-order valence-electron chi connectivity index (χ1n) is 7.70. The van der Waals surface area contributed by atoms with Gasteiger partial charge in [-0.25, -0.2) is 0 Å². The Morgan fingerprint density at radius 2 is 1.71 bits per heavy atom. The summed E-state index contributed by atoms with van der Waals surface area (Å²) < 4.78 is 0. The molecule has 0 aliphatic heterocycles. The summed E-state index contributed by atoms with van der Waals surface area (Å²) in [4.78, 5) is 11.9. The number of phenols is 3. The highest BCUT2D eigenvalue weighted by Gasteiger charge is 2.45. The first kappa shape index (κ1) is 18.5. The smallest absolute Gasteiger partial charge is 0.170 e. The van der Waals surface area contributed by atoms with Gasteiger partial charge in [0, 0.05) is 36.5 Å². The molecule has 1 saturated carbocycles. The zero-order valence-electron chi connectivity index (χ0n) is 13.1. The molecule has 8 nitrogen and oxygen atoms in total. The average molecular weight is 342 g/mol. The van der Waals surface area contributed by atoms with Crippen LogP contribution in [0.3, 0.4) is 0 Å². The Morgan fingerprint density at radius 1 is 1.08 bits per heavy atom. The third-order valence-electron chi connectivity index (χ3n) is 4.65. The second kappa shape index (κ2) is 6.94. The van der Waals surface area contributed by atoms with Crippen LogP contribution >= 0.6 is 0 Å². The summed E-state index contributed by atoms with van der Waals surface area (Å²) in [5.41, 5.74) is -0.583. The molecule has 1 aromatic carbocycles. The van der Waals surface area contributed by atoms with Crippen LogP contribution in [-0.2, 0) is 0 Å². The number of carbonyl (C=O) groups excluding carboxylic acids is 1. The van der Waals surface area contributed by atoms with E-state index in [0.717, 1.165) is 6.07 Å². The van der Waals surface area contributed by atoms with Crippen molar-refractivity contribution in [3.63, 3.8) is 0 Å². The van der Waals surface area contributed by atoms with E-state index in [1.54, 1.807) is 0 Å². The van der Waals surface area contributed by atoms with Gasteiger partial charge >= 0.3 is 0 Å². The number of carbonyl (C=O) groups is 1. The van der Waals surface area contributed by atoms with Crippen LogP contribution in [-0.4, -0.2) is 66.4 Å². The lowest BCUT2D eigenvalue weighted by Crippen LogP contribution is -2.51. The molecule has 5 atom stereocenters. The van der Waals surface area contributed by atoms with E-state index in [0.29, 0.717) is 0 Å². The van der Waals surface area contributed by atoms with Gasteiger partial charge in [0.05, 0.1) is 12.2 Å². The number of aliphatic hydroxyl groups excluding tert-OH is 4. The highest BCUT2D eigenvalue weighted by molar-refractivity contribution is 6.01. The summed E-state index contributed by atoms with van der Waals surface area (Å²) >= 11 is 0. The molecule has 7 N–H and O–H groups in total. The summed E-state index contributed by atoms with van der Waals surface area (Å²) in [6.45, 7) is 1.06. The van der Waals surface area contributed by atoms with Crippen LogP contribution in [0.2, 0.25) is 0 Å². The molecule has 0 heterocycles. The van der Waals surface area contributed by atoms with Gasteiger partial charge in [0.1, 0.15) is 28.9 Å². The number of aromatic hydroxyl groups is 3. The molecule has 134 valence electrons. The maximum absolute atomic E-state index is 11.9. The lowest BCUT2D eigenvalue weighted by Gasteiger charge is -2.40. The Bertz CT molecular complexity index is 627. The number of Topliss-reactive ketones (excluding diaryl/α,β-unsaturated/α-hetero) is 1. The zero-order chi connectivity index (χ0) is 18.2. The standard InChI is InChI=1S/C16H22O8/c1-2-8(18)12-10(20)4-9(19)11(15(12)23)7-3-6(5-17)13(21)16(24)14(7)22/h4,6-7,13-14,16-17,19-24H,2-3,5H2,1H3. The number of ketones is 1. The van der Waals surface area contributed by atoms with Crippen LogP contribution in [0.25, 0.3) is 0 Å². The minimum atomic E-state index is -1.60. The molecular weight excluding hydrogens is 320 g/mol. The van der Waals surface area contributed by atoms with E-state index in [9.17, 15) is 40.5 Å². The van der Waals surface area contributed by atoms with E-state index in [4.69, 9.17) is 0 Å². The van der Waals surface area contributed by atoms with Gasteiger partial charge in [0.2, 0.25) is 0 Å². The van der Waals surface area contributed by atoms with Gasteiger partial charge in [0.15, 0.2) is 5.78 Å². The lowest BCUT2D eigenvalue weighted by atomic mass is 9.72. The third-order valence-corrected chi connectivity index (χ3v) is 4.65. The number of hydrogen-bond acceptors (Lipinski definition) is 8. The van der Waals surface area contributed by atoms with Crippen molar-refractivity contribution in [2.45, 2.75) is 44.0 Å². The van der Waals surface area contributed by atoms with Crippen molar-refractivity contribution >= 4 is 5.78 Å². The number of hydrogen-bond donors (Lipinski definition) is 7. The summed E-state index contributed by atoms with van der Waals surface area (Å²) in [7, 11) is 0. The Balaban J connectivity index is 2.57. The van der Waals surface area contributed by atoms with Gasteiger partial charge < -0.3 is 35.7 Å². The minimum Gasteiger partial charge on any atom is -0.507 e. The van der Waals surface area contributed by atoms with Crippen molar-refractivity contribution in [3.8, 4) is 17.2 Å². The monoisotopic (exact) mass is 342 g/mol. The topological polar surface area (TPSA) is 159 Å². The number of aliphatic hydroxyl groups is 4. The number of rotatable bonds is 4. The molecule has 2 rings (SSSR count). The maximum Gasteiger partial charge on any atom is 0.170 e. The van der Waals surface area contributed by atoms with Gasteiger partial charge in [-0.2, -0.15) is 0 Å². The minimum absolute atomic E-state index is 0.000834. The van der Waals surface area contributed by atoms with E-state index in [-0.39, 0.29) is 24.0 Å². The Hall–Kier alpha value is -1.87. The van der Waals surface area contributed by atoms with Crippen LogP contribution in [0.4, 0.5) is 0 Å². The molecule has 24 heavy (non-hydrogen) atoms. The Labute approximate surface area is 138 Å². The predicted octanol–water partition coefficient (Wildman–Crippen LogP) is -0.425. The van der Waals surface area contributed by atoms with Gasteiger partial charge in [0.25, 0.3) is 0 Å². The van der Waals surface area contributed by atoms with Crippen molar-refractivity contribution in [1.82, 2.24) is 0 Å². The second-order valence-electron chi connectivity index (χ2n) is 6.09. The molecule has 8 heteroatoms. The van der Waals surface area contributed by atoms with Crippen molar-refractivity contribution in [3.05, 3.63) is 17.2 Å². The molecule has 0 amide bonds. The molecule has 5 unspecified atom stereocenters.